The van der Waals surface area contributed by atoms with Gasteiger partial charge in [-0.3, -0.25) is 14.4 Å². The first-order chi connectivity index (χ1) is 28.0. The van der Waals surface area contributed by atoms with Crippen LogP contribution in [-0.2, 0) is 28.6 Å². The van der Waals surface area contributed by atoms with E-state index in [1.807, 2.05) is 0 Å². The highest BCUT2D eigenvalue weighted by Crippen LogP contribution is 2.14. The number of rotatable bonds is 42. The molecule has 0 N–H and O–H groups in total. The van der Waals surface area contributed by atoms with Crippen LogP contribution in [0.15, 0.2) is 60.8 Å². The molecule has 0 saturated heterocycles. The second-order valence-corrected chi connectivity index (χ2v) is 15.6. The van der Waals surface area contributed by atoms with Crippen molar-refractivity contribution in [3.05, 3.63) is 60.8 Å². The Kier molecular flexibility index (Phi) is 43.5. The van der Waals surface area contributed by atoms with Gasteiger partial charge in [0.2, 0.25) is 0 Å². The molecule has 6 nitrogen and oxygen atoms in total. The highest BCUT2D eigenvalue weighted by Gasteiger charge is 2.19. The molecule has 328 valence electrons. The van der Waals surface area contributed by atoms with Crippen molar-refractivity contribution in [3.63, 3.8) is 0 Å². The zero-order chi connectivity index (χ0) is 41.5. The summed E-state index contributed by atoms with van der Waals surface area (Å²) in [7, 11) is 0. The number of ether oxygens (including phenoxy) is 3. The third-order valence-corrected chi connectivity index (χ3v) is 10.0. The molecule has 0 saturated carbocycles. The number of carbonyl (C=O) groups is 3. The van der Waals surface area contributed by atoms with Gasteiger partial charge in [-0.2, -0.15) is 0 Å². The Morgan fingerprint density at radius 2 is 0.684 bits per heavy atom. The van der Waals surface area contributed by atoms with Gasteiger partial charge in [-0.1, -0.05) is 191 Å². The molecule has 0 aliphatic rings. The SMILES string of the molecule is CC/C=C\C/C=C\C/C=C\CCCCCCC(=O)OCC(COC(=O)CCCCCCCCCCCCC)OC(=O)CCCCCCCCC/C=C\C/C=C\CC. The maximum Gasteiger partial charge on any atom is 0.306 e. The summed E-state index contributed by atoms with van der Waals surface area (Å²) in [6, 6.07) is 0. The van der Waals surface area contributed by atoms with Crippen molar-refractivity contribution in [2.45, 2.75) is 232 Å². The Balaban J connectivity index is 4.42. The zero-order valence-corrected chi connectivity index (χ0v) is 37.3. The fraction of sp³-hybridized carbons (Fsp3) is 0.745. The lowest BCUT2D eigenvalue weighted by atomic mass is 10.1. The highest BCUT2D eigenvalue weighted by molar-refractivity contribution is 5.71. The second-order valence-electron chi connectivity index (χ2n) is 15.6. The fourth-order valence-electron chi connectivity index (χ4n) is 6.49. The normalized spacial score (nSPS) is 12.5. The predicted molar refractivity (Wildman–Crippen MR) is 242 cm³/mol. The van der Waals surface area contributed by atoms with Gasteiger partial charge in [-0.05, 0) is 77.0 Å². The molecule has 0 fully saturated rings. The third kappa shape index (κ3) is 44.1. The molecule has 0 rings (SSSR count). The van der Waals surface area contributed by atoms with Gasteiger partial charge in [0.15, 0.2) is 6.10 Å². The van der Waals surface area contributed by atoms with Crippen LogP contribution >= 0.6 is 0 Å². The van der Waals surface area contributed by atoms with Crippen LogP contribution in [-0.4, -0.2) is 37.2 Å². The Bertz CT molecular complexity index is 1050. The summed E-state index contributed by atoms with van der Waals surface area (Å²) in [6.07, 6.45) is 54.8. The van der Waals surface area contributed by atoms with Crippen molar-refractivity contribution < 1.29 is 28.6 Å². The van der Waals surface area contributed by atoms with Gasteiger partial charge < -0.3 is 14.2 Å². The van der Waals surface area contributed by atoms with Crippen LogP contribution in [0, 0.1) is 0 Å². The van der Waals surface area contributed by atoms with Crippen LogP contribution in [0.2, 0.25) is 0 Å². The van der Waals surface area contributed by atoms with Gasteiger partial charge in [-0.15, -0.1) is 0 Å². The monoisotopic (exact) mass is 797 g/mol. The number of hydrogen-bond donors (Lipinski definition) is 0. The summed E-state index contributed by atoms with van der Waals surface area (Å²) in [6.45, 7) is 6.38. The molecule has 0 aliphatic heterocycles. The fourth-order valence-corrected chi connectivity index (χ4v) is 6.49. The summed E-state index contributed by atoms with van der Waals surface area (Å²) in [5.74, 6) is -0.916. The number of hydrogen-bond acceptors (Lipinski definition) is 6. The van der Waals surface area contributed by atoms with Crippen LogP contribution < -0.4 is 0 Å². The minimum absolute atomic E-state index is 0.0836. The maximum atomic E-state index is 12.7. The molecule has 0 radical (unpaired) electrons. The van der Waals surface area contributed by atoms with Crippen molar-refractivity contribution in [2.24, 2.45) is 0 Å². The molecule has 0 aromatic heterocycles. The summed E-state index contributed by atoms with van der Waals surface area (Å²) in [5.41, 5.74) is 0. The molecule has 0 heterocycles. The van der Waals surface area contributed by atoms with Crippen LogP contribution in [0.5, 0.6) is 0 Å². The molecule has 1 atom stereocenters. The summed E-state index contributed by atoms with van der Waals surface area (Å²) < 4.78 is 16.7. The number of allylic oxidation sites excluding steroid dienone is 10. The van der Waals surface area contributed by atoms with Crippen LogP contribution in [0.4, 0.5) is 0 Å². The Hall–Kier alpha value is -2.89. The molecular formula is C51H88O6. The lowest BCUT2D eigenvalue weighted by molar-refractivity contribution is -0.167. The lowest BCUT2D eigenvalue weighted by Gasteiger charge is -2.18. The van der Waals surface area contributed by atoms with Crippen LogP contribution in [0.25, 0.3) is 0 Å². The van der Waals surface area contributed by atoms with Gasteiger partial charge in [0.25, 0.3) is 0 Å². The summed E-state index contributed by atoms with van der Waals surface area (Å²) in [5, 5.41) is 0. The first-order valence-electron chi connectivity index (χ1n) is 23.8. The molecule has 0 aliphatic carbocycles. The summed E-state index contributed by atoms with van der Waals surface area (Å²) >= 11 is 0. The van der Waals surface area contributed by atoms with Crippen molar-refractivity contribution in [2.75, 3.05) is 13.2 Å². The number of carbonyl (C=O) groups excluding carboxylic acids is 3. The minimum atomic E-state index is -0.783. The first-order valence-corrected chi connectivity index (χ1v) is 23.8. The number of unbranched alkanes of at least 4 members (excludes halogenated alkanes) is 21. The molecule has 6 heteroatoms. The highest BCUT2D eigenvalue weighted by atomic mass is 16.6. The van der Waals surface area contributed by atoms with E-state index in [0.717, 1.165) is 109 Å². The van der Waals surface area contributed by atoms with E-state index in [4.69, 9.17) is 14.2 Å². The van der Waals surface area contributed by atoms with Crippen molar-refractivity contribution in [1.29, 1.82) is 0 Å². The largest absolute Gasteiger partial charge is 0.462 e. The molecule has 0 aromatic carbocycles. The predicted octanol–water partition coefficient (Wildman–Crippen LogP) is 15.3. The zero-order valence-electron chi connectivity index (χ0n) is 37.3. The van der Waals surface area contributed by atoms with E-state index < -0.39 is 6.10 Å². The molecule has 0 aromatic rings. The van der Waals surface area contributed by atoms with Crippen molar-refractivity contribution in [3.8, 4) is 0 Å². The Morgan fingerprint density at radius 3 is 1.07 bits per heavy atom. The van der Waals surface area contributed by atoms with Gasteiger partial charge in [0.05, 0.1) is 0 Å². The van der Waals surface area contributed by atoms with Gasteiger partial charge in [-0.25, -0.2) is 0 Å². The van der Waals surface area contributed by atoms with Crippen LogP contribution in [0.3, 0.4) is 0 Å². The summed E-state index contributed by atoms with van der Waals surface area (Å²) in [4.78, 5) is 37.8. The molecule has 0 spiro atoms. The van der Waals surface area contributed by atoms with Crippen molar-refractivity contribution in [1.82, 2.24) is 0 Å². The van der Waals surface area contributed by atoms with E-state index in [-0.39, 0.29) is 31.1 Å². The van der Waals surface area contributed by atoms with E-state index in [2.05, 4.69) is 81.5 Å². The minimum Gasteiger partial charge on any atom is -0.462 e. The molecule has 1 unspecified atom stereocenters. The van der Waals surface area contributed by atoms with Gasteiger partial charge >= 0.3 is 17.9 Å². The average Bonchev–Trinajstić information content (AvgIpc) is 3.21. The quantitative estimate of drug-likeness (QED) is 0.0265. The Labute approximate surface area is 351 Å². The van der Waals surface area contributed by atoms with E-state index in [0.29, 0.717) is 19.3 Å². The topological polar surface area (TPSA) is 78.9 Å². The molecular weight excluding hydrogens is 709 g/mol. The van der Waals surface area contributed by atoms with Gasteiger partial charge in [0, 0.05) is 19.3 Å². The first kappa shape index (κ1) is 54.1. The molecule has 0 amide bonds. The van der Waals surface area contributed by atoms with Gasteiger partial charge in [0.1, 0.15) is 13.2 Å². The third-order valence-electron chi connectivity index (χ3n) is 10.0. The van der Waals surface area contributed by atoms with E-state index in [1.54, 1.807) is 0 Å². The smallest absolute Gasteiger partial charge is 0.306 e. The van der Waals surface area contributed by atoms with Crippen molar-refractivity contribution >= 4 is 17.9 Å². The van der Waals surface area contributed by atoms with E-state index >= 15 is 0 Å². The van der Waals surface area contributed by atoms with E-state index in [9.17, 15) is 14.4 Å². The van der Waals surface area contributed by atoms with Crippen LogP contribution in [0.1, 0.15) is 226 Å². The lowest BCUT2D eigenvalue weighted by Crippen LogP contribution is -2.30. The molecule has 57 heavy (non-hydrogen) atoms. The molecule has 0 bridgehead atoms. The Morgan fingerprint density at radius 1 is 0.368 bits per heavy atom. The standard InChI is InChI=1S/C51H88O6/c1-4-7-10-13-16-19-22-24-26-29-32-35-38-41-44-50(53)56-47-48(46-55-49(52)43-40-37-34-31-28-21-18-15-12-9-6-3)57-51(54)45-42-39-36-33-30-27-25-23-20-17-14-11-8-5-2/h7-8,10-11,16-17,19-20,24,26,48H,4-6,9,12-15,18,21-23,25,27-47H2,1-3H3/b10-7-,11-8-,19-16-,20-17-,26-24-. The van der Waals surface area contributed by atoms with E-state index in [1.165, 1.54) is 77.0 Å². The average molecular weight is 797 g/mol. The number of esters is 3. The second kappa shape index (κ2) is 45.8. The maximum absolute atomic E-state index is 12.7.